The zero-order valence-electron chi connectivity index (χ0n) is 12.3. The van der Waals surface area contributed by atoms with Gasteiger partial charge in [0.1, 0.15) is 0 Å². The van der Waals surface area contributed by atoms with Gasteiger partial charge in [-0.2, -0.15) is 0 Å². The molecule has 0 aliphatic heterocycles. The van der Waals surface area contributed by atoms with Gasteiger partial charge in [0, 0.05) is 21.7 Å². The summed E-state index contributed by atoms with van der Waals surface area (Å²) in [7, 11) is 0. The summed E-state index contributed by atoms with van der Waals surface area (Å²) in [5.41, 5.74) is 0.115. The Hall–Kier alpha value is -2.12. The van der Waals surface area contributed by atoms with E-state index in [-0.39, 0.29) is 23.9 Å². The molecular weight excluding hydrogens is 358 g/mol. The second kappa shape index (κ2) is 8.65. The second-order valence-corrected chi connectivity index (χ2v) is 6.18. The zero-order valence-corrected chi connectivity index (χ0v) is 13.9. The summed E-state index contributed by atoms with van der Waals surface area (Å²) in [6, 6.07) is 10.0. The minimum absolute atomic E-state index is 0.115. The number of rotatable bonds is 6. The van der Waals surface area contributed by atoms with E-state index in [1.54, 1.807) is 24.3 Å². The van der Waals surface area contributed by atoms with Gasteiger partial charge < -0.3 is 10.6 Å². The van der Waals surface area contributed by atoms with Crippen molar-refractivity contribution < 1.29 is 18.4 Å². The summed E-state index contributed by atoms with van der Waals surface area (Å²) in [6.07, 6.45) is 0. The third-order valence-electron chi connectivity index (χ3n) is 2.83. The highest BCUT2D eigenvalue weighted by Gasteiger charge is 2.08. The van der Waals surface area contributed by atoms with Gasteiger partial charge in [-0.05, 0) is 36.4 Å². The fraction of sp³-hybridized carbons (Fsp3) is 0.125. The van der Waals surface area contributed by atoms with E-state index in [0.717, 1.165) is 17.0 Å². The van der Waals surface area contributed by atoms with E-state index in [4.69, 9.17) is 11.6 Å². The van der Waals surface area contributed by atoms with Crippen molar-refractivity contribution in [2.45, 2.75) is 4.90 Å². The van der Waals surface area contributed by atoms with Gasteiger partial charge in [0.15, 0.2) is 11.6 Å². The molecule has 0 fully saturated rings. The predicted molar refractivity (Wildman–Crippen MR) is 90.2 cm³/mol. The van der Waals surface area contributed by atoms with Gasteiger partial charge in [0.05, 0.1) is 12.3 Å². The predicted octanol–water partition coefficient (Wildman–Crippen LogP) is 3.47. The molecule has 0 saturated carbocycles. The van der Waals surface area contributed by atoms with Gasteiger partial charge in [-0.25, -0.2) is 8.78 Å². The number of hydrogen-bond donors (Lipinski definition) is 2. The van der Waals surface area contributed by atoms with Crippen LogP contribution in [0.1, 0.15) is 0 Å². The second-order valence-electron chi connectivity index (χ2n) is 4.70. The SMILES string of the molecule is O=C(CSc1ccc(Cl)cc1)NCC(=O)Nc1ccc(F)c(F)c1. The van der Waals surface area contributed by atoms with Crippen LogP contribution in [0, 0.1) is 11.6 Å². The molecule has 0 bridgehead atoms. The Balaban J connectivity index is 1.73. The van der Waals surface area contributed by atoms with E-state index >= 15 is 0 Å². The molecule has 0 aliphatic carbocycles. The maximum Gasteiger partial charge on any atom is 0.243 e. The zero-order chi connectivity index (χ0) is 17.5. The maximum atomic E-state index is 13.0. The fourth-order valence-electron chi connectivity index (χ4n) is 1.69. The minimum atomic E-state index is -1.06. The Bertz CT molecular complexity index is 741. The number of thioether (sulfide) groups is 1. The van der Waals surface area contributed by atoms with Crippen molar-refractivity contribution in [1.82, 2.24) is 5.32 Å². The van der Waals surface area contributed by atoms with Gasteiger partial charge in [0.2, 0.25) is 11.8 Å². The number of anilines is 1. The highest BCUT2D eigenvalue weighted by atomic mass is 35.5. The normalized spacial score (nSPS) is 10.3. The van der Waals surface area contributed by atoms with E-state index in [1.165, 1.54) is 17.8 Å². The highest BCUT2D eigenvalue weighted by molar-refractivity contribution is 8.00. The van der Waals surface area contributed by atoms with Crippen molar-refractivity contribution in [2.24, 2.45) is 0 Å². The lowest BCUT2D eigenvalue weighted by atomic mass is 10.3. The first-order valence-electron chi connectivity index (χ1n) is 6.84. The Morgan fingerprint density at radius 1 is 1.00 bits per heavy atom. The molecule has 0 atom stereocenters. The molecule has 126 valence electrons. The van der Waals surface area contributed by atoms with Crippen LogP contribution >= 0.6 is 23.4 Å². The molecule has 0 aliphatic rings. The standard InChI is InChI=1S/C16H13ClF2N2O2S/c17-10-1-4-12(5-2-10)24-9-16(23)20-8-15(22)21-11-3-6-13(18)14(19)7-11/h1-7H,8-9H2,(H,20,23)(H,21,22). The summed E-state index contributed by atoms with van der Waals surface area (Å²) in [6.45, 7) is -0.265. The third-order valence-corrected chi connectivity index (χ3v) is 4.10. The summed E-state index contributed by atoms with van der Waals surface area (Å²) >= 11 is 7.07. The van der Waals surface area contributed by atoms with Crippen LogP contribution in [0.3, 0.4) is 0 Å². The van der Waals surface area contributed by atoms with Crippen molar-refractivity contribution >= 4 is 40.9 Å². The monoisotopic (exact) mass is 370 g/mol. The first-order chi connectivity index (χ1) is 11.4. The molecule has 4 nitrogen and oxygen atoms in total. The molecule has 8 heteroatoms. The van der Waals surface area contributed by atoms with Crippen LogP contribution in [0.15, 0.2) is 47.4 Å². The number of carbonyl (C=O) groups excluding carboxylic acids is 2. The molecule has 0 aromatic heterocycles. The van der Waals surface area contributed by atoms with E-state index in [0.29, 0.717) is 5.02 Å². The fourth-order valence-corrected chi connectivity index (χ4v) is 2.54. The number of halogens is 3. The molecule has 24 heavy (non-hydrogen) atoms. The smallest absolute Gasteiger partial charge is 0.243 e. The molecule has 2 aromatic rings. The molecule has 2 amide bonds. The van der Waals surface area contributed by atoms with Crippen LogP contribution in [-0.4, -0.2) is 24.1 Å². The van der Waals surface area contributed by atoms with Crippen molar-refractivity contribution in [1.29, 1.82) is 0 Å². The highest BCUT2D eigenvalue weighted by Crippen LogP contribution is 2.19. The van der Waals surface area contributed by atoms with Gasteiger partial charge in [-0.15, -0.1) is 11.8 Å². The lowest BCUT2D eigenvalue weighted by molar-refractivity contribution is -0.122. The average molecular weight is 371 g/mol. The average Bonchev–Trinajstić information content (AvgIpc) is 2.56. The molecule has 0 spiro atoms. The van der Waals surface area contributed by atoms with Crippen molar-refractivity contribution in [3.63, 3.8) is 0 Å². The largest absolute Gasteiger partial charge is 0.346 e. The molecule has 0 heterocycles. The van der Waals surface area contributed by atoms with Gasteiger partial charge >= 0.3 is 0 Å². The molecule has 2 aromatic carbocycles. The molecule has 2 rings (SSSR count). The topological polar surface area (TPSA) is 58.2 Å². The van der Waals surface area contributed by atoms with Crippen LogP contribution in [0.25, 0.3) is 0 Å². The van der Waals surface area contributed by atoms with Gasteiger partial charge in [-0.3, -0.25) is 9.59 Å². The number of amides is 2. The Morgan fingerprint density at radius 2 is 1.71 bits per heavy atom. The van der Waals surface area contributed by atoms with Crippen LogP contribution in [0.2, 0.25) is 5.02 Å². The summed E-state index contributed by atoms with van der Waals surface area (Å²) < 4.78 is 25.8. The number of hydrogen-bond acceptors (Lipinski definition) is 3. The van der Waals surface area contributed by atoms with E-state index in [1.807, 2.05) is 0 Å². The van der Waals surface area contributed by atoms with E-state index in [2.05, 4.69) is 10.6 Å². The van der Waals surface area contributed by atoms with Crippen molar-refractivity contribution in [2.75, 3.05) is 17.6 Å². The molecular formula is C16H13ClF2N2O2S. The lowest BCUT2D eigenvalue weighted by Crippen LogP contribution is -2.33. The maximum absolute atomic E-state index is 13.0. The first kappa shape index (κ1) is 18.2. The Morgan fingerprint density at radius 3 is 2.38 bits per heavy atom. The van der Waals surface area contributed by atoms with Crippen molar-refractivity contribution in [3.05, 3.63) is 59.1 Å². The van der Waals surface area contributed by atoms with Gasteiger partial charge in [-0.1, -0.05) is 11.6 Å². The van der Waals surface area contributed by atoms with Crippen molar-refractivity contribution in [3.8, 4) is 0 Å². The molecule has 0 unspecified atom stereocenters. The summed E-state index contributed by atoms with van der Waals surface area (Å²) in [5, 5.41) is 5.42. The van der Waals surface area contributed by atoms with Crippen LogP contribution < -0.4 is 10.6 Å². The van der Waals surface area contributed by atoms with E-state index in [9.17, 15) is 18.4 Å². The van der Waals surface area contributed by atoms with E-state index < -0.39 is 17.5 Å². The quantitative estimate of drug-likeness (QED) is 0.765. The minimum Gasteiger partial charge on any atom is -0.346 e. The van der Waals surface area contributed by atoms with Crippen LogP contribution in [0.4, 0.5) is 14.5 Å². The number of benzene rings is 2. The van der Waals surface area contributed by atoms with Crippen LogP contribution in [0.5, 0.6) is 0 Å². The molecule has 0 saturated heterocycles. The number of nitrogens with one attached hydrogen (secondary N) is 2. The Labute approximate surface area is 146 Å². The lowest BCUT2D eigenvalue weighted by Gasteiger charge is -2.07. The summed E-state index contributed by atoms with van der Waals surface area (Å²) in [5.74, 6) is -2.78. The van der Waals surface area contributed by atoms with Gasteiger partial charge in [0.25, 0.3) is 0 Å². The first-order valence-corrected chi connectivity index (χ1v) is 8.20. The number of carbonyl (C=O) groups is 2. The summed E-state index contributed by atoms with van der Waals surface area (Å²) in [4.78, 5) is 24.2. The Kier molecular flexibility index (Phi) is 6.57. The van der Waals surface area contributed by atoms with Crippen LogP contribution in [-0.2, 0) is 9.59 Å². The molecule has 0 radical (unpaired) electrons. The third kappa shape index (κ3) is 5.82. The molecule has 2 N–H and O–H groups in total.